The van der Waals surface area contributed by atoms with Gasteiger partial charge in [-0.1, -0.05) is 35.9 Å². The zero-order chi connectivity index (χ0) is 18.4. The first-order chi connectivity index (χ1) is 12.7. The molecule has 3 rings (SSSR count). The molecule has 1 unspecified atom stereocenters. The fraction of sp³-hybridized carbons (Fsp3) is 0.381. The van der Waals surface area contributed by atoms with Crippen molar-refractivity contribution in [1.29, 1.82) is 0 Å². The molecule has 4 nitrogen and oxygen atoms in total. The first kappa shape index (κ1) is 18.7. The highest BCUT2D eigenvalue weighted by Gasteiger charge is 2.25. The van der Waals surface area contributed by atoms with Gasteiger partial charge in [0, 0.05) is 17.8 Å². The number of anilines is 1. The van der Waals surface area contributed by atoms with E-state index in [0.717, 1.165) is 31.1 Å². The predicted molar refractivity (Wildman–Crippen MR) is 112 cm³/mol. The average Bonchev–Trinajstić information content (AvgIpc) is 3.18. The summed E-state index contributed by atoms with van der Waals surface area (Å²) in [6.07, 6.45) is 2.50. The molecule has 0 radical (unpaired) electrons. The van der Waals surface area contributed by atoms with Crippen LogP contribution in [0.15, 0.2) is 48.5 Å². The molecule has 1 aliphatic rings. The molecule has 0 saturated carbocycles. The van der Waals surface area contributed by atoms with Gasteiger partial charge in [-0.25, -0.2) is 0 Å². The van der Waals surface area contributed by atoms with Gasteiger partial charge in [0.05, 0.1) is 13.2 Å². The summed E-state index contributed by atoms with van der Waals surface area (Å²) in [5.41, 5.74) is 3.45. The second kappa shape index (κ2) is 9.01. The van der Waals surface area contributed by atoms with Crippen LogP contribution in [-0.2, 0) is 0 Å². The zero-order valence-corrected chi connectivity index (χ0v) is 16.3. The molecule has 2 N–H and O–H groups in total. The summed E-state index contributed by atoms with van der Waals surface area (Å²) in [6, 6.07) is 16.8. The number of likely N-dealkylation sites (tertiary alicyclic amines) is 1. The van der Waals surface area contributed by atoms with Crippen LogP contribution in [0, 0.1) is 6.92 Å². The van der Waals surface area contributed by atoms with E-state index < -0.39 is 0 Å². The summed E-state index contributed by atoms with van der Waals surface area (Å²) >= 11 is 5.50. The fourth-order valence-electron chi connectivity index (χ4n) is 3.43. The first-order valence-electron chi connectivity index (χ1n) is 9.16. The second-order valence-electron chi connectivity index (χ2n) is 6.70. The smallest absolute Gasteiger partial charge is 0.170 e. The number of para-hydroxylation sites is 1. The van der Waals surface area contributed by atoms with Crippen molar-refractivity contribution in [3.8, 4) is 5.75 Å². The van der Waals surface area contributed by atoms with Crippen molar-refractivity contribution >= 4 is 23.0 Å². The van der Waals surface area contributed by atoms with Crippen molar-refractivity contribution in [3.63, 3.8) is 0 Å². The van der Waals surface area contributed by atoms with Crippen molar-refractivity contribution in [3.05, 3.63) is 59.7 Å². The number of hydrogen-bond acceptors (Lipinski definition) is 3. The predicted octanol–water partition coefficient (Wildman–Crippen LogP) is 4.13. The Morgan fingerprint density at radius 3 is 2.50 bits per heavy atom. The van der Waals surface area contributed by atoms with Gasteiger partial charge in [-0.15, -0.1) is 0 Å². The van der Waals surface area contributed by atoms with Crippen LogP contribution in [0.1, 0.15) is 30.0 Å². The molecule has 0 aromatic heterocycles. The molecule has 0 aliphatic carbocycles. The van der Waals surface area contributed by atoms with Crippen LogP contribution in [0.25, 0.3) is 0 Å². The van der Waals surface area contributed by atoms with Gasteiger partial charge in [0.2, 0.25) is 0 Å². The van der Waals surface area contributed by atoms with Gasteiger partial charge in [0.15, 0.2) is 5.11 Å². The molecular formula is C21H27N3OS. The van der Waals surface area contributed by atoms with E-state index in [2.05, 4.69) is 46.7 Å². The van der Waals surface area contributed by atoms with E-state index >= 15 is 0 Å². The van der Waals surface area contributed by atoms with E-state index in [4.69, 9.17) is 17.0 Å². The number of thiocarbonyl (C=S) groups is 1. The average molecular weight is 370 g/mol. The number of benzene rings is 2. The molecule has 2 aromatic rings. The van der Waals surface area contributed by atoms with Crippen LogP contribution in [0.3, 0.4) is 0 Å². The molecule has 2 aromatic carbocycles. The van der Waals surface area contributed by atoms with Gasteiger partial charge in [-0.05, 0) is 63.3 Å². The normalized spacial score (nSPS) is 15.5. The molecule has 1 saturated heterocycles. The number of ether oxygens (including phenoxy) is 1. The van der Waals surface area contributed by atoms with E-state index in [1.807, 2.05) is 24.3 Å². The summed E-state index contributed by atoms with van der Waals surface area (Å²) in [4.78, 5) is 2.51. The monoisotopic (exact) mass is 369 g/mol. The Kier molecular flexibility index (Phi) is 6.47. The Hall–Kier alpha value is -2.11. The minimum Gasteiger partial charge on any atom is -0.496 e. The zero-order valence-electron chi connectivity index (χ0n) is 15.5. The molecule has 1 fully saturated rings. The lowest BCUT2D eigenvalue weighted by atomic mass is 10.0. The number of rotatable bonds is 6. The molecule has 1 atom stereocenters. The number of methoxy groups -OCH3 is 1. The Bertz CT molecular complexity index is 726. The first-order valence-corrected chi connectivity index (χ1v) is 9.56. The summed E-state index contributed by atoms with van der Waals surface area (Å²) < 4.78 is 5.60. The fourth-order valence-corrected chi connectivity index (χ4v) is 3.63. The highest BCUT2D eigenvalue weighted by molar-refractivity contribution is 7.80. The van der Waals surface area contributed by atoms with Crippen molar-refractivity contribution in [2.45, 2.75) is 25.8 Å². The van der Waals surface area contributed by atoms with E-state index in [0.29, 0.717) is 5.11 Å². The summed E-state index contributed by atoms with van der Waals surface area (Å²) in [6.45, 7) is 5.05. The third-order valence-corrected chi connectivity index (χ3v) is 5.09. The largest absolute Gasteiger partial charge is 0.496 e. The van der Waals surface area contributed by atoms with E-state index in [9.17, 15) is 0 Å². The highest BCUT2D eigenvalue weighted by Crippen LogP contribution is 2.31. The molecule has 0 amide bonds. The van der Waals surface area contributed by atoms with Crippen molar-refractivity contribution in [1.82, 2.24) is 10.2 Å². The Balaban J connectivity index is 1.67. The van der Waals surface area contributed by atoms with Gasteiger partial charge >= 0.3 is 0 Å². The summed E-state index contributed by atoms with van der Waals surface area (Å²) in [7, 11) is 1.73. The van der Waals surface area contributed by atoms with Crippen LogP contribution < -0.4 is 15.4 Å². The quantitative estimate of drug-likeness (QED) is 0.749. The van der Waals surface area contributed by atoms with Gasteiger partial charge in [0.25, 0.3) is 0 Å². The minimum absolute atomic E-state index is 0.242. The molecule has 1 aliphatic heterocycles. The van der Waals surface area contributed by atoms with Gasteiger partial charge in [0.1, 0.15) is 5.75 Å². The van der Waals surface area contributed by atoms with Crippen LogP contribution in [0.2, 0.25) is 0 Å². The number of nitrogens with one attached hydrogen (secondary N) is 2. The Labute approximate surface area is 161 Å². The maximum atomic E-state index is 5.60. The maximum absolute atomic E-state index is 5.60. The van der Waals surface area contributed by atoms with Crippen LogP contribution in [0.4, 0.5) is 5.69 Å². The lowest BCUT2D eigenvalue weighted by molar-refractivity contribution is 0.240. The van der Waals surface area contributed by atoms with E-state index in [1.165, 1.54) is 24.0 Å². The highest BCUT2D eigenvalue weighted by atomic mass is 32.1. The third kappa shape index (κ3) is 4.74. The molecule has 5 heteroatoms. The SMILES string of the molecule is COc1ccccc1C(CNC(=S)Nc1ccc(C)cc1)N1CCCC1. The maximum Gasteiger partial charge on any atom is 0.170 e. The second-order valence-corrected chi connectivity index (χ2v) is 7.11. The van der Waals surface area contributed by atoms with Crippen LogP contribution in [-0.4, -0.2) is 36.8 Å². The van der Waals surface area contributed by atoms with Gasteiger partial charge < -0.3 is 15.4 Å². The Morgan fingerprint density at radius 2 is 1.81 bits per heavy atom. The Morgan fingerprint density at radius 1 is 1.12 bits per heavy atom. The number of nitrogens with zero attached hydrogens (tertiary/aromatic N) is 1. The van der Waals surface area contributed by atoms with Crippen molar-refractivity contribution in [2.75, 3.05) is 32.1 Å². The molecular weight excluding hydrogens is 342 g/mol. The molecule has 0 bridgehead atoms. The standard InChI is InChI=1S/C21H27N3OS/c1-16-9-11-17(12-10-16)23-21(26)22-15-19(24-13-5-6-14-24)18-7-3-4-8-20(18)25-2/h3-4,7-12,19H,5-6,13-15H2,1-2H3,(H2,22,23,26). The topological polar surface area (TPSA) is 36.5 Å². The van der Waals surface area contributed by atoms with E-state index in [-0.39, 0.29) is 6.04 Å². The lowest BCUT2D eigenvalue weighted by Gasteiger charge is -2.29. The number of hydrogen-bond donors (Lipinski definition) is 2. The van der Waals surface area contributed by atoms with Gasteiger partial charge in [-0.3, -0.25) is 4.90 Å². The lowest BCUT2D eigenvalue weighted by Crippen LogP contribution is -2.38. The van der Waals surface area contributed by atoms with E-state index in [1.54, 1.807) is 7.11 Å². The van der Waals surface area contributed by atoms with Crippen LogP contribution in [0.5, 0.6) is 5.75 Å². The molecule has 26 heavy (non-hydrogen) atoms. The third-order valence-electron chi connectivity index (χ3n) is 4.84. The summed E-state index contributed by atoms with van der Waals surface area (Å²) in [5, 5.41) is 7.31. The molecule has 0 spiro atoms. The van der Waals surface area contributed by atoms with Crippen molar-refractivity contribution in [2.24, 2.45) is 0 Å². The van der Waals surface area contributed by atoms with Crippen molar-refractivity contribution < 1.29 is 4.74 Å². The number of aryl methyl sites for hydroxylation is 1. The van der Waals surface area contributed by atoms with Gasteiger partial charge in [-0.2, -0.15) is 0 Å². The summed E-state index contributed by atoms with van der Waals surface area (Å²) in [5.74, 6) is 0.934. The molecule has 138 valence electrons. The molecule has 1 heterocycles. The minimum atomic E-state index is 0.242. The van der Waals surface area contributed by atoms with Crippen LogP contribution >= 0.6 is 12.2 Å².